The summed E-state index contributed by atoms with van der Waals surface area (Å²) in [4.78, 5) is 1.67. The number of benzene rings is 1. The van der Waals surface area contributed by atoms with Gasteiger partial charge in [-0.2, -0.15) is 0 Å². The lowest BCUT2D eigenvalue weighted by Gasteiger charge is -2.27. The van der Waals surface area contributed by atoms with Crippen molar-refractivity contribution in [3.63, 3.8) is 0 Å². The van der Waals surface area contributed by atoms with Crippen molar-refractivity contribution in [1.29, 1.82) is 5.41 Å². The second-order valence-electron chi connectivity index (χ2n) is 4.75. The topological polar surface area (TPSA) is 53.1 Å². The van der Waals surface area contributed by atoms with Gasteiger partial charge in [0.2, 0.25) is 0 Å². The molecule has 0 aliphatic heterocycles. The molecule has 5 heteroatoms. The third kappa shape index (κ3) is 2.30. The molecule has 98 valence electrons. The zero-order valence-corrected chi connectivity index (χ0v) is 10.3. The van der Waals surface area contributed by atoms with Crippen molar-refractivity contribution in [1.82, 2.24) is 0 Å². The van der Waals surface area contributed by atoms with Gasteiger partial charge in [0.25, 0.3) is 0 Å². The molecule has 0 heterocycles. The molecular formula is C13H17F2N3. The highest BCUT2D eigenvalue weighted by Crippen LogP contribution is 2.31. The second kappa shape index (κ2) is 4.92. The maximum atomic E-state index is 13.9. The van der Waals surface area contributed by atoms with Gasteiger partial charge in [0.1, 0.15) is 23.2 Å². The van der Waals surface area contributed by atoms with Crippen molar-refractivity contribution in [3.8, 4) is 0 Å². The Morgan fingerprint density at radius 1 is 1.28 bits per heavy atom. The van der Waals surface area contributed by atoms with Crippen LogP contribution in [0, 0.1) is 17.0 Å². The Morgan fingerprint density at radius 3 is 2.22 bits per heavy atom. The Hall–Kier alpha value is -1.65. The van der Waals surface area contributed by atoms with Crippen LogP contribution in [0.25, 0.3) is 0 Å². The van der Waals surface area contributed by atoms with E-state index in [-0.39, 0.29) is 23.1 Å². The van der Waals surface area contributed by atoms with Crippen LogP contribution >= 0.6 is 0 Å². The summed E-state index contributed by atoms with van der Waals surface area (Å²) in [5.41, 5.74) is 5.29. The molecule has 1 aliphatic rings. The summed E-state index contributed by atoms with van der Waals surface area (Å²) in [6, 6.07) is 2.43. The van der Waals surface area contributed by atoms with Crippen molar-refractivity contribution in [2.45, 2.75) is 31.7 Å². The molecular weight excluding hydrogens is 236 g/mol. The SMILES string of the molecule is CN(c1c(F)cc(C(=N)N)cc1F)C1CCCC1. The lowest BCUT2D eigenvalue weighted by molar-refractivity contribution is 0.554. The summed E-state index contributed by atoms with van der Waals surface area (Å²) >= 11 is 0. The molecule has 1 fully saturated rings. The van der Waals surface area contributed by atoms with E-state index in [1.165, 1.54) is 0 Å². The Morgan fingerprint density at radius 2 is 1.78 bits per heavy atom. The lowest BCUT2D eigenvalue weighted by atomic mass is 10.1. The number of amidine groups is 1. The van der Waals surface area contributed by atoms with Crippen molar-refractivity contribution >= 4 is 11.5 Å². The van der Waals surface area contributed by atoms with E-state index in [9.17, 15) is 8.78 Å². The standard InChI is InChI=1S/C13H17F2N3/c1-18(9-4-2-3-5-9)12-10(14)6-8(13(16)17)7-11(12)15/h6-7,9H,2-5H2,1H3,(H3,16,17). The van der Waals surface area contributed by atoms with Gasteiger partial charge in [0.05, 0.1) is 0 Å². The van der Waals surface area contributed by atoms with Crippen LogP contribution in [0.5, 0.6) is 0 Å². The third-order valence-corrected chi connectivity index (χ3v) is 3.55. The van der Waals surface area contributed by atoms with Crippen LogP contribution in [0.3, 0.4) is 0 Å². The van der Waals surface area contributed by atoms with Gasteiger partial charge < -0.3 is 10.6 Å². The zero-order chi connectivity index (χ0) is 13.3. The van der Waals surface area contributed by atoms with E-state index in [4.69, 9.17) is 11.1 Å². The van der Waals surface area contributed by atoms with Crippen LogP contribution in [0.2, 0.25) is 0 Å². The minimum Gasteiger partial charge on any atom is -0.384 e. The second-order valence-corrected chi connectivity index (χ2v) is 4.75. The van der Waals surface area contributed by atoms with Crippen LogP contribution in [0.1, 0.15) is 31.2 Å². The van der Waals surface area contributed by atoms with Gasteiger partial charge in [-0.15, -0.1) is 0 Å². The van der Waals surface area contributed by atoms with E-state index in [0.29, 0.717) is 0 Å². The van der Waals surface area contributed by atoms with Crippen LogP contribution in [0.15, 0.2) is 12.1 Å². The van der Waals surface area contributed by atoms with Crippen LogP contribution < -0.4 is 10.6 Å². The molecule has 1 aromatic rings. The number of anilines is 1. The first-order chi connectivity index (χ1) is 8.50. The molecule has 0 amide bonds. The van der Waals surface area contributed by atoms with Crippen LogP contribution in [-0.4, -0.2) is 18.9 Å². The predicted molar refractivity (Wildman–Crippen MR) is 68.0 cm³/mol. The predicted octanol–water partition coefficient (Wildman–Crippen LogP) is 2.63. The number of rotatable bonds is 3. The molecule has 1 aliphatic carbocycles. The molecule has 0 spiro atoms. The molecule has 0 atom stereocenters. The van der Waals surface area contributed by atoms with E-state index in [1.54, 1.807) is 11.9 Å². The molecule has 18 heavy (non-hydrogen) atoms. The van der Waals surface area contributed by atoms with Crippen molar-refractivity contribution < 1.29 is 8.78 Å². The number of halogens is 2. The van der Waals surface area contributed by atoms with Crippen molar-refractivity contribution in [2.75, 3.05) is 11.9 Å². The maximum absolute atomic E-state index is 13.9. The highest BCUT2D eigenvalue weighted by Gasteiger charge is 2.24. The summed E-state index contributed by atoms with van der Waals surface area (Å²) < 4.78 is 27.9. The Bertz CT molecular complexity index is 444. The summed E-state index contributed by atoms with van der Waals surface area (Å²) in [5, 5.41) is 7.20. The van der Waals surface area contributed by atoms with Crippen LogP contribution in [-0.2, 0) is 0 Å². The number of nitrogen functional groups attached to an aromatic ring is 1. The molecule has 1 saturated carbocycles. The number of hydrogen-bond donors (Lipinski definition) is 2. The van der Waals surface area contributed by atoms with Gasteiger partial charge in [-0.05, 0) is 25.0 Å². The van der Waals surface area contributed by atoms with Gasteiger partial charge >= 0.3 is 0 Å². The van der Waals surface area contributed by atoms with Gasteiger partial charge in [-0.1, -0.05) is 12.8 Å². The minimum absolute atomic E-state index is 0.0214. The highest BCUT2D eigenvalue weighted by atomic mass is 19.1. The Kier molecular flexibility index (Phi) is 3.50. The fourth-order valence-electron chi connectivity index (χ4n) is 2.53. The van der Waals surface area contributed by atoms with E-state index in [2.05, 4.69) is 0 Å². The van der Waals surface area contributed by atoms with Crippen molar-refractivity contribution in [3.05, 3.63) is 29.3 Å². The minimum atomic E-state index is -0.658. The first kappa shape index (κ1) is 12.8. The molecule has 3 nitrogen and oxygen atoms in total. The average Bonchev–Trinajstić information content (AvgIpc) is 2.80. The molecule has 0 unspecified atom stereocenters. The summed E-state index contributed by atoms with van der Waals surface area (Å²) in [5.74, 6) is -1.65. The fourth-order valence-corrected chi connectivity index (χ4v) is 2.53. The van der Waals surface area contributed by atoms with Crippen molar-refractivity contribution in [2.24, 2.45) is 5.73 Å². The van der Waals surface area contributed by atoms with E-state index in [0.717, 1.165) is 37.8 Å². The monoisotopic (exact) mass is 253 g/mol. The molecule has 3 N–H and O–H groups in total. The van der Waals surface area contributed by atoms with Gasteiger partial charge in [-0.25, -0.2) is 8.78 Å². The lowest BCUT2D eigenvalue weighted by Crippen LogP contribution is -2.30. The first-order valence-electron chi connectivity index (χ1n) is 6.07. The average molecular weight is 253 g/mol. The number of nitrogens with two attached hydrogens (primary N) is 1. The Balaban J connectivity index is 2.35. The normalized spacial score (nSPS) is 15.9. The van der Waals surface area contributed by atoms with Gasteiger partial charge in [0, 0.05) is 18.7 Å². The number of hydrogen-bond acceptors (Lipinski definition) is 2. The summed E-state index contributed by atoms with van der Waals surface area (Å²) in [6.45, 7) is 0. The quantitative estimate of drug-likeness (QED) is 0.642. The molecule has 2 rings (SSSR count). The molecule has 0 saturated heterocycles. The molecule has 1 aromatic carbocycles. The van der Waals surface area contributed by atoms with Gasteiger partial charge in [-0.3, -0.25) is 5.41 Å². The smallest absolute Gasteiger partial charge is 0.150 e. The van der Waals surface area contributed by atoms with Gasteiger partial charge in [0.15, 0.2) is 0 Å². The highest BCUT2D eigenvalue weighted by molar-refractivity contribution is 5.95. The largest absolute Gasteiger partial charge is 0.384 e. The van der Waals surface area contributed by atoms with E-state index < -0.39 is 11.6 Å². The first-order valence-corrected chi connectivity index (χ1v) is 6.07. The summed E-state index contributed by atoms with van der Waals surface area (Å²) in [7, 11) is 1.71. The molecule has 0 bridgehead atoms. The summed E-state index contributed by atoms with van der Waals surface area (Å²) in [6.07, 6.45) is 4.13. The number of nitrogens with zero attached hydrogens (tertiary/aromatic N) is 1. The van der Waals surface area contributed by atoms with E-state index >= 15 is 0 Å². The fraction of sp³-hybridized carbons (Fsp3) is 0.462. The zero-order valence-electron chi connectivity index (χ0n) is 10.3. The molecule has 0 radical (unpaired) electrons. The third-order valence-electron chi connectivity index (χ3n) is 3.55. The maximum Gasteiger partial charge on any atom is 0.150 e. The molecule has 0 aromatic heterocycles. The van der Waals surface area contributed by atoms with Crippen LogP contribution in [0.4, 0.5) is 14.5 Å². The number of nitrogens with one attached hydrogen (secondary N) is 1. The van der Waals surface area contributed by atoms with E-state index in [1.807, 2.05) is 0 Å². The Labute approximate surface area is 105 Å².